The number of hydrogen-bond acceptors (Lipinski definition) is 6. The molecule has 0 bridgehead atoms. The van der Waals surface area contributed by atoms with Gasteiger partial charge in [0, 0.05) is 26.6 Å². The number of anilines is 2. The van der Waals surface area contributed by atoms with Gasteiger partial charge < -0.3 is 14.5 Å². The van der Waals surface area contributed by atoms with Crippen molar-refractivity contribution in [1.29, 1.82) is 0 Å². The molecule has 0 amide bonds. The van der Waals surface area contributed by atoms with Gasteiger partial charge in [0.2, 0.25) is 11.9 Å². The van der Waals surface area contributed by atoms with Crippen molar-refractivity contribution in [1.82, 2.24) is 15.0 Å². The van der Waals surface area contributed by atoms with Gasteiger partial charge in [0.15, 0.2) is 0 Å². The predicted molar refractivity (Wildman–Crippen MR) is 100 cm³/mol. The Hall–Kier alpha value is -2.21. The first-order valence-electron chi connectivity index (χ1n) is 8.77. The number of nitrogens with zero attached hydrogens (tertiary/aromatic N) is 5. The summed E-state index contributed by atoms with van der Waals surface area (Å²) in [6.07, 6.45) is 0. The highest BCUT2D eigenvalue weighted by atomic mass is 16.5. The maximum atomic E-state index is 6.14. The maximum Gasteiger partial charge on any atom is 0.230 e. The Bertz CT molecular complexity index is 693. The molecule has 1 unspecified atom stereocenters. The molecule has 1 aliphatic heterocycles. The second kappa shape index (κ2) is 6.96. The van der Waals surface area contributed by atoms with Gasteiger partial charge in [-0.05, 0) is 12.5 Å². The average molecular weight is 341 g/mol. The van der Waals surface area contributed by atoms with Crippen LogP contribution < -0.4 is 9.80 Å². The smallest absolute Gasteiger partial charge is 0.230 e. The molecule has 25 heavy (non-hydrogen) atoms. The average Bonchev–Trinajstić information content (AvgIpc) is 2.62. The van der Waals surface area contributed by atoms with Crippen molar-refractivity contribution in [3.05, 3.63) is 41.7 Å². The molecule has 0 radical (unpaired) electrons. The van der Waals surface area contributed by atoms with Gasteiger partial charge >= 0.3 is 0 Å². The van der Waals surface area contributed by atoms with E-state index in [9.17, 15) is 0 Å². The molecule has 1 atom stereocenters. The minimum absolute atomic E-state index is 0.252. The normalized spacial score (nSPS) is 20.8. The number of hydrogen-bond donors (Lipinski definition) is 0. The van der Waals surface area contributed by atoms with Crippen molar-refractivity contribution >= 4 is 11.9 Å². The fourth-order valence-corrected chi connectivity index (χ4v) is 2.98. The zero-order chi connectivity index (χ0) is 18.0. The van der Waals surface area contributed by atoms with Gasteiger partial charge in [-0.3, -0.25) is 0 Å². The molecule has 6 nitrogen and oxygen atoms in total. The van der Waals surface area contributed by atoms with E-state index >= 15 is 0 Å². The van der Waals surface area contributed by atoms with Crippen molar-refractivity contribution in [3.63, 3.8) is 0 Å². The van der Waals surface area contributed by atoms with E-state index in [0.717, 1.165) is 18.3 Å². The van der Waals surface area contributed by atoms with E-state index in [1.165, 1.54) is 5.56 Å². The molecule has 1 aliphatic rings. The molecule has 1 aromatic carbocycles. The monoisotopic (exact) mass is 341 g/mol. The molecule has 0 saturated carbocycles. The quantitative estimate of drug-likeness (QED) is 0.852. The van der Waals surface area contributed by atoms with Crippen LogP contribution in [0.5, 0.6) is 0 Å². The van der Waals surface area contributed by atoms with Crippen LogP contribution in [0.4, 0.5) is 11.9 Å². The van der Waals surface area contributed by atoms with Crippen LogP contribution in [0.2, 0.25) is 0 Å². The van der Waals surface area contributed by atoms with Crippen molar-refractivity contribution in [2.75, 3.05) is 43.6 Å². The molecular formula is C19H27N5O. The van der Waals surface area contributed by atoms with Crippen LogP contribution in [-0.2, 0) is 10.3 Å². The lowest BCUT2D eigenvalue weighted by Gasteiger charge is -2.41. The number of ether oxygens (including phenoxy) is 1. The molecule has 1 fully saturated rings. The number of morpholine rings is 1. The van der Waals surface area contributed by atoms with Gasteiger partial charge in [0.1, 0.15) is 11.4 Å². The highest BCUT2D eigenvalue weighted by Crippen LogP contribution is 2.31. The van der Waals surface area contributed by atoms with Crippen molar-refractivity contribution in [2.24, 2.45) is 0 Å². The van der Waals surface area contributed by atoms with Crippen LogP contribution in [0.15, 0.2) is 30.3 Å². The van der Waals surface area contributed by atoms with E-state index in [1.54, 1.807) is 0 Å². The van der Waals surface area contributed by atoms with Crippen LogP contribution in [-0.4, -0.2) is 48.7 Å². The second-order valence-electron chi connectivity index (χ2n) is 7.21. The largest absolute Gasteiger partial charge is 0.367 e. The molecule has 134 valence electrons. The van der Waals surface area contributed by atoms with Gasteiger partial charge in [-0.15, -0.1) is 0 Å². The van der Waals surface area contributed by atoms with Gasteiger partial charge in [0.25, 0.3) is 0 Å². The van der Waals surface area contributed by atoms with Crippen LogP contribution in [0.3, 0.4) is 0 Å². The first-order valence-corrected chi connectivity index (χ1v) is 8.77. The molecule has 0 spiro atoms. The van der Waals surface area contributed by atoms with E-state index in [4.69, 9.17) is 9.72 Å². The zero-order valence-electron chi connectivity index (χ0n) is 15.7. The lowest BCUT2D eigenvalue weighted by molar-refractivity contribution is -0.0470. The topological polar surface area (TPSA) is 54.4 Å². The van der Waals surface area contributed by atoms with Crippen LogP contribution in [0, 0.1) is 0 Å². The second-order valence-corrected chi connectivity index (χ2v) is 7.21. The number of rotatable bonds is 4. The predicted octanol–water partition coefficient (Wildman–Crippen LogP) is 2.81. The van der Waals surface area contributed by atoms with E-state index in [1.807, 2.05) is 37.2 Å². The lowest BCUT2D eigenvalue weighted by Crippen LogP contribution is -2.49. The molecule has 1 saturated heterocycles. The summed E-state index contributed by atoms with van der Waals surface area (Å²) in [7, 11) is 3.91. The first kappa shape index (κ1) is 17.6. The van der Waals surface area contributed by atoms with E-state index < -0.39 is 0 Å². The Labute approximate surface area is 149 Å². The van der Waals surface area contributed by atoms with E-state index in [0.29, 0.717) is 19.1 Å². The van der Waals surface area contributed by atoms with Crippen molar-refractivity contribution in [3.8, 4) is 0 Å². The Morgan fingerprint density at radius 3 is 2.48 bits per heavy atom. The fourth-order valence-electron chi connectivity index (χ4n) is 2.98. The third-order valence-electron chi connectivity index (χ3n) is 4.49. The molecule has 2 aromatic rings. The van der Waals surface area contributed by atoms with Crippen LogP contribution in [0.25, 0.3) is 0 Å². The Kier molecular flexibility index (Phi) is 4.90. The van der Waals surface area contributed by atoms with Crippen molar-refractivity contribution < 1.29 is 4.74 Å². The molecule has 1 aromatic heterocycles. The highest BCUT2D eigenvalue weighted by Gasteiger charge is 2.35. The van der Waals surface area contributed by atoms with Gasteiger partial charge in [-0.1, -0.05) is 44.2 Å². The SMILES string of the molecule is CC(C)c1nc(N(C)C)nc(N2CCOC(C)(c3ccccc3)C2)n1. The summed E-state index contributed by atoms with van der Waals surface area (Å²) in [4.78, 5) is 18.1. The molecule has 2 heterocycles. The van der Waals surface area contributed by atoms with Gasteiger partial charge in [-0.25, -0.2) is 0 Å². The van der Waals surface area contributed by atoms with E-state index in [-0.39, 0.29) is 11.5 Å². The van der Waals surface area contributed by atoms with Crippen LogP contribution in [0.1, 0.15) is 38.1 Å². The Morgan fingerprint density at radius 1 is 1.12 bits per heavy atom. The first-order chi connectivity index (χ1) is 11.9. The molecule has 0 N–H and O–H groups in total. The fraction of sp³-hybridized carbons (Fsp3) is 0.526. The van der Waals surface area contributed by atoms with E-state index in [2.05, 4.69) is 47.8 Å². The number of benzene rings is 1. The minimum Gasteiger partial charge on any atom is -0.367 e. The molecule has 6 heteroatoms. The maximum absolute atomic E-state index is 6.14. The molecular weight excluding hydrogens is 314 g/mol. The summed E-state index contributed by atoms with van der Waals surface area (Å²) >= 11 is 0. The van der Waals surface area contributed by atoms with Crippen LogP contribution >= 0.6 is 0 Å². The third kappa shape index (κ3) is 3.74. The minimum atomic E-state index is -0.373. The van der Waals surface area contributed by atoms with Gasteiger partial charge in [-0.2, -0.15) is 15.0 Å². The summed E-state index contributed by atoms with van der Waals surface area (Å²) in [5, 5.41) is 0. The number of aromatic nitrogens is 3. The molecule has 3 rings (SSSR count). The third-order valence-corrected chi connectivity index (χ3v) is 4.49. The zero-order valence-corrected chi connectivity index (χ0v) is 15.7. The highest BCUT2D eigenvalue weighted by molar-refractivity contribution is 5.40. The van der Waals surface area contributed by atoms with Crippen molar-refractivity contribution in [2.45, 2.75) is 32.3 Å². The summed E-state index contributed by atoms with van der Waals surface area (Å²) in [5.74, 6) is 2.50. The Balaban J connectivity index is 1.93. The van der Waals surface area contributed by atoms with Gasteiger partial charge in [0.05, 0.1) is 13.2 Å². The Morgan fingerprint density at radius 2 is 1.84 bits per heavy atom. The summed E-state index contributed by atoms with van der Waals surface area (Å²) in [6, 6.07) is 10.3. The summed E-state index contributed by atoms with van der Waals surface area (Å²) < 4.78 is 6.14. The summed E-state index contributed by atoms with van der Waals surface area (Å²) in [6.45, 7) is 8.47. The standard InChI is InChI=1S/C19H27N5O/c1-14(2)16-20-17(23(4)5)22-18(21-16)24-11-12-25-19(3,13-24)15-9-7-6-8-10-15/h6-10,14H,11-13H2,1-5H3. The molecule has 0 aliphatic carbocycles. The summed E-state index contributed by atoms with van der Waals surface area (Å²) in [5.41, 5.74) is 0.799. The lowest BCUT2D eigenvalue weighted by atomic mass is 9.94.